The van der Waals surface area contributed by atoms with Crippen molar-refractivity contribution in [2.24, 2.45) is 0 Å². The smallest absolute Gasteiger partial charge is 0.258 e. The third kappa shape index (κ3) is 3.15. The van der Waals surface area contributed by atoms with Crippen LogP contribution >= 0.6 is 11.6 Å². The number of ether oxygens (including phenoxy) is 1. The maximum atomic E-state index is 12.1. The lowest BCUT2D eigenvalue weighted by Gasteiger charge is -2.15. The fraction of sp³-hybridized carbons (Fsp3) is 0.467. The van der Waals surface area contributed by atoms with Crippen molar-refractivity contribution in [3.63, 3.8) is 0 Å². The van der Waals surface area contributed by atoms with Crippen LogP contribution in [0.5, 0.6) is 0 Å². The van der Waals surface area contributed by atoms with Crippen molar-refractivity contribution in [1.82, 2.24) is 14.3 Å². The molecule has 2 aromatic heterocycles. The van der Waals surface area contributed by atoms with Crippen molar-refractivity contribution in [2.75, 3.05) is 19.7 Å². The number of likely N-dealkylation sites (tertiary alicyclic amines) is 1. The van der Waals surface area contributed by atoms with Gasteiger partial charge in [0.05, 0.1) is 22.9 Å². The van der Waals surface area contributed by atoms with Crippen LogP contribution in [0, 0.1) is 0 Å². The SMILES string of the molecule is CCO[C@@H]1CN(Cc2cc(=O)n3cc(Cl)ccc3n2)C[C@H]1O. The maximum Gasteiger partial charge on any atom is 0.258 e. The standard InChI is InChI=1S/C15H18ClN3O3/c1-2-22-13-9-18(8-12(13)20)7-11-5-15(21)19-6-10(16)3-4-14(19)17-11/h3-6,12-13,20H,2,7-9H2,1H3/t12-,13-/m1/s1. The van der Waals surface area contributed by atoms with Gasteiger partial charge in [-0.25, -0.2) is 4.98 Å². The van der Waals surface area contributed by atoms with Crippen LogP contribution in [-0.2, 0) is 11.3 Å². The van der Waals surface area contributed by atoms with Gasteiger partial charge >= 0.3 is 0 Å². The summed E-state index contributed by atoms with van der Waals surface area (Å²) in [6.07, 6.45) is 0.881. The predicted molar refractivity (Wildman–Crippen MR) is 83.2 cm³/mol. The van der Waals surface area contributed by atoms with Crippen molar-refractivity contribution in [2.45, 2.75) is 25.7 Å². The molecular formula is C15H18ClN3O3. The molecule has 1 fully saturated rings. The minimum Gasteiger partial charge on any atom is -0.389 e. The van der Waals surface area contributed by atoms with Gasteiger partial charge in [0.15, 0.2) is 0 Å². The first-order valence-corrected chi connectivity index (χ1v) is 7.64. The Balaban J connectivity index is 1.80. The number of hydrogen-bond acceptors (Lipinski definition) is 5. The number of halogens is 1. The first kappa shape index (κ1) is 15.4. The van der Waals surface area contributed by atoms with Gasteiger partial charge in [-0.2, -0.15) is 0 Å². The van der Waals surface area contributed by atoms with Gasteiger partial charge in [0.1, 0.15) is 5.65 Å². The van der Waals surface area contributed by atoms with Crippen LogP contribution in [0.25, 0.3) is 5.65 Å². The molecule has 22 heavy (non-hydrogen) atoms. The molecule has 0 spiro atoms. The van der Waals surface area contributed by atoms with E-state index in [2.05, 4.69) is 4.98 Å². The lowest BCUT2D eigenvalue weighted by atomic mass is 10.3. The molecule has 0 saturated carbocycles. The van der Waals surface area contributed by atoms with Crippen molar-refractivity contribution in [3.8, 4) is 0 Å². The maximum absolute atomic E-state index is 12.1. The third-order valence-electron chi connectivity index (χ3n) is 3.76. The zero-order valence-electron chi connectivity index (χ0n) is 12.3. The summed E-state index contributed by atoms with van der Waals surface area (Å²) in [6.45, 7) is 4.15. The van der Waals surface area contributed by atoms with Gasteiger partial charge in [-0.1, -0.05) is 11.6 Å². The molecule has 0 amide bonds. The molecule has 1 saturated heterocycles. The summed E-state index contributed by atoms with van der Waals surface area (Å²) >= 11 is 5.89. The zero-order valence-corrected chi connectivity index (χ0v) is 13.0. The van der Waals surface area contributed by atoms with E-state index in [0.717, 1.165) is 0 Å². The highest BCUT2D eigenvalue weighted by atomic mass is 35.5. The van der Waals surface area contributed by atoms with Crippen LogP contribution in [0.15, 0.2) is 29.2 Å². The zero-order chi connectivity index (χ0) is 15.7. The molecule has 3 rings (SSSR count). The van der Waals surface area contributed by atoms with Gasteiger partial charge in [0.25, 0.3) is 5.56 Å². The average Bonchev–Trinajstić information content (AvgIpc) is 2.80. The molecule has 3 heterocycles. The first-order valence-electron chi connectivity index (χ1n) is 7.26. The molecule has 1 N–H and O–H groups in total. The highest BCUT2D eigenvalue weighted by Gasteiger charge is 2.31. The van der Waals surface area contributed by atoms with E-state index in [9.17, 15) is 9.90 Å². The molecule has 0 aliphatic carbocycles. The number of rotatable bonds is 4. The second kappa shape index (κ2) is 6.34. The Morgan fingerprint density at radius 1 is 1.45 bits per heavy atom. The van der Waals surface area contributed by atoms with Crippen molar-refractivity contribution < 1.29 is 9.84 Å². The Bertz CT molecular complexity index is 734. The number of pyridine rings is 1. The van der Waals surface area contributed by atoms with E-state index in [1.807, 2.05) is 11.8 Å². The lowest BCUT2D eigenvalue weighted by molar-refractivity contribution is -0.00245. The number of fused-ring (bicyclic) bond motifs is 1. The average molecular weight is 324 g/mol. The summed E-state index contributed by atoms with van der Waals surface area (Å²) < 4.78 is 6.92. The Hall–Kier alpha value is -1.47. The number of β-amino-alcohol motifs (C(OH)–C–C–N with tert-alkyl or cyclic N) is 1. The highest BCUT2D eigenvalue weighted by Crippen LogP contribution is 2.16. The van der Waals surface area contributed by atoms with Crippen LogP contribution in [0.4, 0.5) is 0 Å². The topological polar surface area (TPSA) is 67.1 Å². The monoisotopic (exact) mass is 323 g/mol. The second-order valence-electron chi connectivity index (χ2n) is 5.42. The molecule has 0 unspecified atom stereocenters. The lowest BCUT2D eigenvalue weighted by Crippen LogP contribution is -2.26. The summed E-state index contributed by atoms with van der Waals surface area (Å²) in [6, 6.07) is 4.93. The molecule has 0 bridgehead atoms. The van der Waals surface area contributed by atoms with E-state index in [1.54, 1.807) is 18.3 Å². The minimum absolute atomic E-state index is 0.163. The summed E-state index contributed by atoms with van der Waals surface area (Å²) in [4.78, 5) is 18.6. The van der Waals surface area contributed by atoms with Gasteiger partial charge in [0, 0.05) is 38.5 Å². The summed E-state index contributed by atoms with van der Waals surface area (Å²) in [7, 11) is 0. The van der Waals surface area contributed by atoms with Crippen LogP contribution in [0.2, 0.25) is 5.02 Å². The molecule has 1 aliphatic rings. The molecule has 0 aromatic carbocycles. The molecule has 0 radical (unpaired) electrons. The fourth-order valence-corrected chi connectivity index (χ4v) is 2.94. The van der Waals surface area contributed by atoms with E-state index in [4.69, 9.17) is 16.3 Å². The number of hydrogen-bond donors (Lipinski definition) is 1. The van der Waals surface area contributed by atoms with Gasteiger partial charge in [0.2, 0.25) is 0 Å². The number of nitrogens with zero attached hydrogens (tertiary/aromatic N) is 3. The van der Waals surface area contributed by atoms with Gasteiger partial charge in [-0.3, -0.25) is 14.1 Å². The molecule has 6 nitrogen and oxygen atoms in total. The largest absolute Gasteiger partial charge is 0.389 e. The van der Waals surface area contributed by atoms with Crippen LogP contribution in [0.1, 0.15) is 12.6 Å². The molecule has 2 aromatic rings. The molecule has 7 heteroatoms. The molecule has 2 atom stereocenters. The van der Waals surface area contributed by atoms with Crippen molar-refractivity contribution in [1.29, 1.82) is 0 Å². The highest BCUT2D eigenvalue weighted by molar-refractivity contribution is 6.30. The van der Waals surface area contributed by atoms with E-state index >= 15 is 0 Å². The summed E-state index contributed by atoms with van der Waals surface area (Å²) in [5, 5.41) is 10.4. The summed E-state index contributed by atoms with van der Waals surface area (Å²) in [5.41, 5.74) is 1.08. The molecular weight excluding hydrogens is 306 g/mol. The third-order valence-corrected chi connectivity index (χ3v) is 3.98. The summed E-state index contributed by atoms with van der Waals surface area (Å²) in [5.74, 6) is 0. The Morgan fingerprint density at radius 2 is 2.27 bits per heavy atom. The Labute approximate surface area is 132 Å². The molecule has 1 aliphatic heterocycles. The van der Waals surface area contributed by atoms with Gasteiger partial charge in [-0.15, -0.1) is 0 Å². The Kier molecular flexibility index (Phi) is 4.44. The number of aliphatic hydroxyl groups excluding tert-OH is 1. The second-order valence-corrected chi connectivity index (χ2v) is 5.85. The normalized spacial score (nSPS) is 22.5. The van der Waals surface area contributed by atoms with Crippen molar-refractivity contribution >= 4 is 17.2 Å². The van der Waals surface area contributed by atoms with Gasteiger partial charge < -0.3 is 9.84 Å². The number of aromatic nitrogens is 2. The predicted octanol–water partition coefficient (Wildman–Crippen LogP) is 0.929. The Morgan fingerprint density at radius 3 is 3.05 bits per heavy atom. The first-order chi connectivity index (χ1) is 10.6. The van der Waals surface area contributed by atoms with Crippen molar-refractivity contribution in [3.05, 3.63) is 45.5 Å². The van der Waals surface area contributed by atoms with E-state index in [1.165, 1.54) is 10.5 Å². The van der Waals surface area contributed by atoms with E-state index < -0.39 is 6.10 Å². The number of aliphatic hydroxyl groups is 1. The fourth-order valence-electron chi connectivity index (χ4n) is 2.78. The van der Waals surface area contributed by atoms with E-state index in [-0.39, 0.29) is 11.7 Å². The van der Waals surface area contributed by atoms with Gasteiger partial charge in [-0.05, 0) is 19.1 Å². The van der Waals surface area contributed by atoms with Crippen LogP contribution in [0.3, 0.4) is 0 Å². The minimum atomic E-state index is -0.500. The van der Waals surface area contributed by atoms with E-state index in [0.29, 0.717) is 42.6 Å². The van der Waals surface area contributed by atoms with Crippen LogP contribution in [-0.4, -0.2) is 51.3 Å². The van der Waals surface area contributed by atoms with Crippen LogP contribution < -0.4 is 5.56 Å². The molecule has 118 valence electrons. The quantitative estimate of drug-likeness (QED) is 0.906.